The molecule has 13 heteroatoms. The van der Waals surface area contributed by atoms with Crippen LogP contribution < -0.4 is 29.8 Å². The van der Waals surface area contributed by atoms with Crippen LogP contribution in [0.3, 0.4) is 0 Å². The van der Waals surface area contributed by atoms with Gasteiger partial charge in [0.15, 0.2) is 11.6 Å². The number of amides is 1. The zero-order valence-corrected chi connectivity index (χ0v) is 28.9. The van der Waals surface area contributed by atoms with E-state index >= 15 is 0 Å². The molecule has 5 rings (SSSR count). The van der Waals surface area contributed by atoms with Crippen molar-refractivity contribution in [1.82, 2.24) is 10.9 Å². The van der Waals surface area contributed by atoms with E-state index in [4.69, 9.17) is 39.3 Å². The fourth-order valence-electron chi connectivity index (χ4n) is 5.89. The number of nitrogens with zero attached hydrogens (tertiary/aromatic N) is 4. The van der Waals surface area contributed by atoms with Crippen LogP contribution >= 0.6 is 0 Å². The zero-order chi connectivity index (χ0) is 36.1. The van der Waals surface area contributed by atoms with Gasteiger partial charge in [0.25, 0.3) is 5.91 Å². The Labute approximate surface area is 296 Å². The molecule has 0 bridgehead atoms. The Kier molecular flexibility index (Phi) is 12.7. The summed E-state index contributed by atoms with van der Waals surface area (Å²) in [5, 5.41) is 12.9. The molecule has 2 atom stereocenters. The number of aliphatic imine (C=N–C) groups is 1. The van der Waals surface area contributed by atoms with Gasteiger partial charge in [0.1, 0.15) is 23.0 Å². The molecule has 51 heavy (non-hydrogen) atoms. The van der Waals surface area contributed by atoms with Crippen LogP contribution in [-0.2, 0) is 28.9 Å². The topological polar surface area (TPSA) is 169 Å². The third-order valence-corrected chi connectivity index (χ3v) is 8.52. The van der Waals surface area contributed by atoms with Crippen LogP contribution in [0.25, 0.3) is 10.4 Å². The molecule has 1 aliphatic heterocycles. The van der Waals surface area contributed by atoms with Crippen molar-refractivity contribution in [1.29, 1.82) is 0 Å². The number of hydrogen-bond acceptors (Lipinski definition) is 10. The summed E-state index contributed by atoms with van der Waals surface area (Å²) in [5.41, 5.74) is 17.3. The van der Waals surface area contributed by atoms with Crippen molar-refractivity contribution in [2.45, 2.75) is 37.5 Å². The second kappa shape index (κ2) is 17.8. The highest BCUT2D eigenvalue weighted by Gasteiger charge is 2.53. The summed E-state index contributed by atoms with van der Waals surface area (Å²) >= 11 is 0. The van der Waals surface area contributed by atoms with Crippen LogP contribution in [0.5, 0.6) is 23.0 Å². The summed E-state index contributed by atoms with van der Waals surface area (Å²) in [6.07, 6.45) is 0.282. The van der Waals surface area contributed by atoms with Gasteiger partial charge < -0.3 is 28.8 Å². The highest BCUT2D eigenvalue weighted by molar-refractivity contribution is 6.01. The fourth-order valence-corrected chi connectivity index (χ4v) is 5.89. The predicted octanol–water partition coefficient (Wildman–Crippen LogP) is 5.65. The van der Waals surface area contributed by atoms with Crippen molar-refractivity contribution in [3.05, 3.63) is 129 Å². The molecule has 1 heterocycles. The summed E-state index contributed by atoms with van der Waals surface area (Å²) in [6.45, 7) is 0.887. The number of nitrogens with one attached hydrogen (secondary N) is 2. The Morgan fingerprint density at radius 1 is 0.922 bits per heavy atom. The maximum Gasteiger partial charge on any atom is 0.266 e. The van der Waals surface area contributed by atoms with Crippen LogP contribution in [0.1, 0.15) is 40.3 Å². The molecule has 0 aromatic heterocycles. The molecule has 0 unspecified atom stereocenters. The third-order valence-electron chi connectivity index (χ3n) is 8.52. The van der Waals surface area contributed by atoms with Crippen LogP contribution in [0, 0.1) is 0 Å². The van der Waals surface area contributed by atoms with Gasteiger partial charge in [-0.05, 0) is 88.8 Å². The molecule has 13 nitrogen and oxygen atoms in total. The average Bonchev–Trinajstić information content (AvgIpc) is 3.56. The van der Waals surface area contributed by atoms with Crippen LogP contribution in [0.2, 0.25) is 0 Å². The van der Waals surface area contributed by atoms with E-state index in [9.17, 15) is 4.79 Å². The lowest BCUT2D eigenvalue weighted by Crippen LogP contribution is -2.54. The normalized spacial score (nSPS) is 16.3. The number of ether oxygens (including phenoxy) is 5. The summed E-state index contributed by atoms with van der Waals surface area (Å²) < 4.78 is 28.8. The molecule has 0 saturated heterocycles. The minimum Gasteiger partial charge on any atom is -0.497 e. The number of hydrazine groups is 1. The summed E-state index contributed by atoms with van der Waals surface area (Å²) in [4.78, 5) is 22.7. The van der Waals surface area contributed by atoms with E-state index in [0.717, 1.165) is 16.7 Å². The third kappa shape index (κ3) is 8.89. The zero-order valence-electron chi connectivity index (χ0n) is 28.9. The van der Waals surface area contributed by atoms with Gasteiger partial charge in [0, 0.05) is 36.5 Å². The Hall–Kier alpha value is -5.75. The lowest BCUT2D eigenvalue weighted by molar-refractivity contribution is -0.130. The van der Waals surface area contributed by atoms with E-state index in [1.807, 2.05) is 78.9 Å². The van der Waals surface area contributed by atoms with E-state index in [2.05, 4.69) is 20.9 Å². The van der Waals surface area contributed by atoms with Gasteiger partial charge >= 0.3 is 0 Å². The smallest absolute Gasteiger partial charge is 0.266 e. The first-order valence-electron chi connectivity index (χ1n) is 16.5. The Balaban J connectivity index is 1.53. The standard InChI is InChI=1S/C38H42N6O7/c1-47-32-11-6-10-28(23-32)35-38(24-29-8-4-5-9-30(29)25-41-44-39,42-36(51-35)26-12-14-31(15-13-26)50-21-7-20-45)37(46)43-40-19-18-27-22-33(48-2)16-17-34(27)49-3/h4-6,8-17,22-23,35,40,45H,7,18-21,24-25H2,1-3H3,(H,43,46)/t35-,38-/m0/s1. The Morgan fingerprint density at radius 3 is 2.39 bits per heavy atom. The van der Waals surface area contributed by atoms with Crippen molar-refractivity contribution >= 4 is 11.8 Å². The van der Waals surface area contributed by atoms with Crippen molar-refractivity contribution in [3.63, 3.8) is 0 Å². The molecule has 0 radical (unpaired) electrons. The van der Waals surface area contributed by atoms with Gasteiger partial charge in [-0.3, -0.25) is 10.2 Å². The molecule has 0 aliphatic carbocycles. The molecule has 0 saturated carbocycles. The highest BCUT2D eigenvalue weighted by Crippen LogP contribution is 2.43. The number of carbonyl (C=O) groups is 1. The van der Waals surface area contributed by atoms with Crippen LogP contribution in [0.4, 0.5) is 0 Å². The van der Waals surface area contributed by atoms with E-state index in [0.29, 0.717) is 60.1 Å². The molecule has 0 fully saturated rings. The fraction of sp³-hybridized carbons (Fsp3) is 0.316. The maximum absolute atomic E-state index is 14.7. The van der Waals surface area contributed by atoms with Crippen molar-refractivity contribution in [2.24, 2.45) is 10.1 Å². The number of aliphatic hydroxyl groups is 1. The first kappa shape index (κ1) is 36.5. The number of rotatable bonds is 18. The number of methoxy groups -OCH3 is 3. The Morgan fingerprint density at radius 2 is 1.67 bits per heavy atom. The molecule has 1 aliphatic rings. The largest absolute Gasteiger partial charge is 0.497 e. The van der Waals surface area contributed by atoms with E-state index in [-0.39, 0.29) is 25.5 Å². The minimum atomic E-state index is -1.52. The average molecular weight is 695 g/mol. The maximum atomic E-state index is 14.7. The van der Waals surface area contributed by atoms with Crippen molar-refractivity contribution < 1.29 is 33.6 Å². The number of benzene rings is 4. The minimum absolute atomic E-state index is 0.0363. The summed E-state index contributed by atoms with van der Waals surface area (Å²) in [6, 6.07) is 27.7. The number of carbonyl (C=O) groups excluding carboxylic acids is 1. The van der Waals surface area contributed by atoms with Crippen molar-refractivity contribution in [2.75, 3.05) is 41.1 Å². The molecule has 3 N–H and O–H groups in total. The second-order valence-electron chi connectivity index (χ2n) is 11.7. The molecular formula is C38H42N6O7. The van der Waals surface area contributed by atoms with E-state index in [1.165, 1.54) is 0 Å². The molecule has 266 valence electrons. The molecule has 4 aromatic carbocycles. The molecule has 0 spiro atoms. The molecule has 4 aromatic rings. The predicted molar refractivity (Wildman–Crippen MR) is 192 cm³/mol. The van der Waals surface area contributed by atoms with Gasteiger partial charge in [0.05, 0.1) is 34.5 Å². The lowest BCUT2D eigenvalue weighted by atomic mass is 9.81. The molecular weight excluding hydrogens is 652 g/mol. The van der Waals surface area contributed by atoms with Gasteiger partial charge in [-0.25, -0.2) is 10.4 Å². The lowest BCUT2D eigenvalue weighted by Gasteiger charge is -2.31. The summed E-state index contributed by atoms with van der Waals surface area (Å²) in [5.74, 6) is 2.47. The summed E-state index contributed by atoms with van der Waals surface area (Å²) in [7, 11) is 4.79. The van der Waals surface area contributed by atoms with Gasteiger partial charge in [-0.1, -0.05) is 41.5 Å². The first-order valence-corrected chi connectivity index (χ1v) is 16.5. The van der Waals surface area contributed by atoms with Gasteiger partial charge in [-0.2, -0.15) is 0 Å². The quantitative estimate of drug-likeness (QED) is 0.0395. The SMILES string of the molecule is COc1cccc([C@@H]2OC(c3ccc(OCCCO)cc3)=N[C@]2(Cc2ccccc2CN=[N+]=[N-])C(=O)NNCCc2cc(OC)ccc2OC)c1. The van der Waals surface area contributed by atoms with E-state index in [1.54, 1.807) is 33.5 Å². The van der Waals surface area contributed by atoms with Gasteiger partial charge in [-0.15, -0.1) is 0 Å². The number of azide groups is 1. The van der Waals surface area contributed by atoms with E-state index < -0.39 is 17.6 Å². The Bertz CT molecular complexity index is 1860. The first-order chi connectivity index (χ1) is 24.9. The number of hydrogen-bond donors (Lipinski definition) is 3. The molecule has 1 amide bonds. The number of aliphatic hydroxyl groups excluding tert-OH is 1. The van der Waals surface area contributed by atoms with Crippen molar-refractivity contribution in [3.8, 4) is 23.0 Å². The second-order valence-corrected chi connectivity index (χ2v) is 11.7. The van der Waals surface area contributed by atoms with Crippen LogP contribution in [-0.4, -0.2) is 63.5 Å². The highest BCUT2D eigenvalue weighted by atomic mass is 16.5. The monoisotopic (exact) mass is 694 g/mol. The van der Waals surface area contributed by atoms with Gasteiger partial charge in [0.2, 0.25) is 5.90 Å². The van der Waals surface area contributed by atoms with Crippen LogP contribution in [0.15, 0.2) is 101 Å².